The Morgan fingerprint density at radius 3 is 2.39 bits per heavy atom. The Morgan fingerprint density at radius 1 is 1.22 bits per heavy atom. The number of anilines is 1. The van der Waals surface area contributed by atoms with Crippen LogP contribution in [0.2, 0.25) is 5.02 Å². The molecular weight excluding hydrogens is 318 g/mol. The lowest BCUT2D eigenvalue weighted by Crippen LogP contribution is -2.36. The number of allylic oxidation sites excluding steroid dienone is 2. The fraction of sp³-hybridized carbons (Fsp3) is 0.412. The molecule has 1 aromatic rings. The summed E-state index contributed by atoms with van der Waals surface area (Å²) in [5, 5.41) is 12.6. The lowest BCUT2D eigenvalue weighted by atomic mass is 9.76. The van der Waals surface area contributed by atoms with Gasteiger partial charge in [-0.05, 0) is 44.9 Å². The second kappa shape index (κ2) is 7.04. The predicted octanol–water partition coefficient (Wildman–Crippen LogP) is 3.73. The SMILES string of the molecule is COc1ccc(Cl)cc1NC(=O)[C@H]1CC(C)=C(C)C[C@@H]1C(=O)O. The zero-order valence-corrected chi connectivity index (χ0v) is 14.1. The molecule has 6 heteroatoms. The van der Waals surface area contributed by atoms with Crippen molar-refractivity contribution in [3.8, 4) is 5.75 Å². The molecule has 23 heavy (non-hydrogen) atoms. The van der Waals surface area contributed by atoms with Crippen LogP contribution in [0.1, 0.15) is 26.7 Å². The van der Waals surface area contributed by atoms with E-state index in [1.54, 1.807) is 18.2 Å². The number of nitrogens with one attached hydrogen (secondary N) is 1. The number of hydrogen-bond donors (Lipinski definition) is 2. The number of benzene rings is 1. The van der Waals surface area contributed by atoms with Crippen molar-refractivity contribution in [1.82, 2.24) is 0 Å². The summed E-state index contributed by atoms with van der Waals surface area (Å²) < 4.78 is 5.20. The topological polar surface area (TPSA) is 75.6 Å². The highest BCUT2D eigenvalue weighted by atomic mass is 35.5. The standard InChI is InChI=1S/C17H20ClNO4/c1-9-6-12(13(17(21)22)7-10(9)2)16(20)19-14-8-11(18)4-5-15(14)23-3/h4-5,8,12-13H,6-7H2,1-3H3,(H,19,20)(H,21,22)/t12-,13-/m0/s1. The second-order valence-electron chi connectivity index (χ2n) is 5.85. The molecule has 1 amide bonds. The smallest absolute Gasteiger partial charge is 0.307 e. The third-order valence-corrected chi connectivity index (χ3v) is 4.57. The maximum atomic E-state index is 12.6. The molecule has 0 radical (unpaired) electrons. The first-order valence-corrected chi connectivity index (χ1v) is 7.73. The lowest BCUT2D eigenvalue weighted by molar-refractivity contribution is -0.146. The molecule has 0 aromatic heterocycles. The first kappa shape index (κ1) is 17.3. The van der Waals surface area contributed by atoms with Gasteiger partial charge in [-0.15, -0.1) is 0 Å². The Hall–Kier alpha value is -2.01. The van der Waals surface area contributed by atoms with Gasteiger partial charge >= 0.3 is 5.97 Å². The number of aliphatic carboxylic acids is 1. The Balaban J connectivity index is 2.25. The number of hydrogen-bond acceptors (Lipinski definition) is 3. The van der Waals surface area contributed by atoms with E-state index >= 15 is 0 Å². The summed E-state index contributed by atoms with van der Waals surface area (Å²) in [4.78, 5) is 24.1. The van der Waals surface area contributed by atoms with Gasteiger partial charge in [0.05, 0.1) is 24.6 Å². The number of carboxylic acids is 1. The molecule has 0 fully saturated rings. The van der Waals surface area contributed by atoms with Gasteiger partial charge in [0.15, 0.2) is 0 Å². The van der Waals surface area contributed by atoms with Crippen LogP contribution in [0.4, 0.5) is 5.69 Å². The molecule has 1 aromatic carbocycles. The molecule has 124 valence electrons. The van der Waals surface area contributed by atoms with Crippen molar-refractivity contribution in [1.29, 1.82) is 0 Å². The van der Waals surface area contributed by atoms with Gasteiger partial charge in [-0.25, -0.2) is 0 Å². The zero-order chi connectivity index (χ0) is 17.1. The minimum atomic E-state index is -0.949. The van der Waals surface area contributed by atoms with Gasteiger partial charge < -0.3 is 15.2 Å². The number of ether oxygens (including phenoxy) is 1. The molecule has 0 spiro atoms. The number of carbonyl (C=O) groups excluding carboxylic acids is 1. The molecule has 2 N–H and O–H groups in total. The van der Waals surface area contributed by atoms with E-state index in [1.807, 2.05) is 13.8 Å². The summed E-state index contributed by atoms with van der Waals surface area (Å²) in [6.07, 6.45) is 0.837. The Kier molecular flexibility index (Phi) is 5.31. The van der Waals surface area contributed by atoms with Crippen LogP contribution >= 0.6 is 11.6 Å². The normalized spacial score (nSPS) is 21.0. The van der Waals surface area contributed by atoms with Crippen LogP contribution in [-0.2, 0) is 9.59 Å². The molecule has 1 aliphatic carbocycles. The molecule has 1 aliphatic rings. The first-order valence-electron chi connectivity index (χ1n) is 7.36. The van der Waals surface area contributed by atoms with E-state index in [1.165, 1.54) is 7.11 Å². The van der Waals surface area contributed by atoms with E-state index in [2.05, 4.69) is 5.32 Å². The van der Waals surface area contributed by atoms with Gasteiger partial charge in [0, 0.05) is 5.02 Å². The van der Waals surface area contributed by atoms with Crippen molar-refractivity contribution in [2.24, 2.45) is 11.8 Å². The van der Waals surface area contributed by atoms with Gasteiger partial charge in [-0.1, -0.05) is 22.7 Å². The Bertz CT molecular complexity index is 669. The van der Waals surface area contributed by atoms with Crippen molar-refractivity contribution >= 4 is 29.2 Å². The minimum Gasteiger partial charge on any atom is -0.495 e. The lowest BCUT2D eigenvalue weighted by Gasteiger charge is -2.29. The molecule has 0 heterocycles. The summed E-state index contributed by atoms with van der Waals surface area (Å²) in [5.41, 5.74) is 2.56. The van der Waals surface area contributed by atoms with Gasteiger partial charge in [-0.2, -0.15) is 0 Å². The van der Waals surface area contributed by atoms with E-state index in [0.29, 0.717) is 29.3 Å². The fourth-order valence-corrected chi connectivity index (χ4v) is 3.00. The molecule has 0 saturated carbocycles. The van der Waals surface area contributed by atoms with Crippen molar-refractivity contribution in [3.05, 3.63) is 34.4 Å². The zero-order valence-electron chi connectivity index (χ0n) is 13.4. The number of rotatable bonds is 4. The van der Waals surface area contributed by atoms with E-state index in [4.69, 9.17) is 16.3 Å². The van der Waals surface area contributed by atoms with Crippen molar-refractivity contribution < 1.29 is 19.4 Å². The average Bonchev–Trinajstić information content (AvgIpc) is 2.49. The Morgan fingerprint density at radius 2 is 1.83 bits per heavy atom. The number of halogens is 1. The third-order valence-electron chi connectivity index (χ3n) is 4.34. The van der Waals surface area contributed by atoms with Crippen molar-refractivity contribution in [3.63, 3.8) is 0 Å². The highest BCUT2D eigenvalue weighted by Gasteiger charge is 2.37. The number of carbonyl (C=O) groups is 2. The maximum absolute atomic E-state index is 12.6. The van der Waals surface area contributed by atoms with Crippen molar-refractivity contribution in [2.75, 3.05) is 12.4 Å². The Labute approximate surface area is 140 Å². The molecule has 5 nitrogen and oxygen atoms in total. The minimum absolute atomic E-state index is 0.329. The van der Waals surface area contributed by atoms with E-state index in [9.17, 15) is 14.7 Å². The van der Waals surface area contributed by atoms with Gasteiger partial charge in [0.25, 0.3) is 0 Å². The fourth-order valence-electron chi connectivity index (χ4n) is 2.83. The van der Waals surface area contributed by atoms with Gasteiger partial charge in [0.1, 0.15) is 5.75 Å². The highest BCUT2D eigenvalue weighted by Crippen LogP contribution is 2.36. The summed E-state index contributed by atoms with van der Waals surface area (Å²) in [6.45, 7) is 3.85. The molecule has 2 rings (SSSR count). The van der Waals surface area contributed by atoms with Crippen LogP contribution in [0.15, 0.2) is 29.3 Å². The number of methoxy groups -OCH3 is 1. The summed E-state index contributed by atoms with van der Waals surface area (Å²) in [7, 11) is 1.50. The number of amides is 1. The van der Waals surface area contributed by atoms with Crippen LogP contribution in [-0.4, -0.2) is 24.1 Å². The molecule has 0 saturated heterocycles. The van der Waals surface area contributed by atoms with Gasteiger partial charge in [-0.3, -0.25) is 9.59 Å². The highest BCUT2D eigenvalue weighted by molar-refractivity contribution is 6.31. The predicted molar refractivity (Wildman–Crippen MR) is 88.9 cm³/mol. The largest absolute Gasteiger partial charge is 0.495 e. The molecular formula is C17H20ClNO4. The summed E-state index contributed by atoms with van der Waals surface area (Å²) in [6, 6.07) is 4.90. The van der Waals surface area contributed by atoms with E-state index in [-0.39, 0.29) is 5.91 Å². The first-order chi connectivity index (χ1) is 10.8. The molecule has 0 bridgehead atoms. The van der Waals surface area contributed by atoms with E-state index in [0.717, 1.165) is 11.1 Å². The van der Waals surface area contributed by atoms with Crippen LogP contribution in [0, 0.1) is 11.8 Å². The van der Waals surface area contributed by atoms with Crippen molar-refractivity contribution in [2.45, 2.75) is 26.7 Å². The average molecular weight is 338 g/mol. The monoisotopic (exact) mass is 337 g/mol. The van der Waals surface area contributed by atoms with Gasteiger partial charge in [0.2, 0.25) is 5.91 Å². The quantitative estimate of drug-likeness (QED) is 0.821. The molecule has 2 atom stereocenters. The van der Waals surface area contributed by atoms with Crippen LogP contribution in [0.5, 0.6) is 5.75 Å². The second-order valence-corrected chi connectivity index (χ2v) is 6.29. The van der Waals surface area contributed by atoms with Crippen LogP contribution in [0.25, 0.3) is 0 Å². The molecule has 0 aliphatic heterocycles. The third kappa shape index (κ3) is 3.85. The van der Waals surface area contributed by atoms with Crippen LogP contribution in [0.3, 0.4) is 0 Å². The van der Waals surface area contributed by atoms with Crippen LogP contribution < -0.4 is 10.1 Å². The summed E-state index contributed by atoms with van der Waals surface area (Å²) in [5.74, 6) is -2.13. The molecule has 0 unspecified atom stereocenters. The van der Waals surface area contributed by atoms with E-state index < -0.39 is 17.8 Å². The maximum Gasteiger partial charge on any atom is 0.307 e. The summed E-state index contributed by atoms with van der Waals surface area (Å²) >= 11 is 5.96. The number of carboxylic acid groups (broad SMARTS) is 1.